The number of ether oxygens (including phenoxy) is 1. The summed E-state index contributed by atoms with van der Waals surface area (Å²) in [7, 11) is 3.69. The Bertz CT molecular complexity index is 1350. The Morgan fingerprint density at radius 2 is 1.97 bits per heavy atom. The number of anilines is 1. The van der Waals surface area contributed by atoms with Crippen molar-refractivity contribution in [2.24, 2.45) is 0 Å². The van der Waals surface area contributed by atoms with Gasteiger partial charge in [0.1, 0.15) is 23.6 Å². The Hall–Kier alpha value is -3.98. The summed E-state index contributed by atoms with van der Waals surface area (Å²) in [5.41, 5.74) is 10.2. The maximum Gasteiger partial charge on any atom is 0.255 e. The lowest BCUT2D eigenvalue weighted by Crippen LogP contribution is -2.34. The zero-order valence-electron chi connectivity index (χ0n) is 19.9. The van der Waals surface area contributed by atoms with Gasteiger partial charge in [0.25, 0.3) is 5.91 Å². The number of likely N-dealkylation sites (N-methyl/N-ethyl adjacent to an activating group) is 1. The second-order valence-electron chi connectivity index (χ2n) is 8.89. The van der Waals surface area contributed by atoms with Gasteiger partial charge in [-0.3, -0.25) is 4.79 Å². The van der Waals surface area contributed by atoms with E-state index >= 15 is 0 Å². The Kier molecular flexibility index (Phi) is 6.33. The molecule has 1 amide bonds. The molecule has 2 aromatic heterocycles. The van der Waals surface area contributed by atoms with Gasteiger partial charge in [-0.15, -0.1) is 0 Å². The molecule has 3 heterocycles. The fourth-order valence-electron chi connectivity index (χ4n) is 4.68. The second-order valence-corrected chi connectivity index (χ2v) is 8.89. The number of nitrogens with two attached hydrogens (primary N) is 1. The highest BCUT2D eigenvalue weighted by atomic mass is 16.5. The topological polar surface area (TPSA) is 111 Å². The number of para-hydroxylation sites is 1. The number of nitrogens with zero attached hydrogens (tertiary/aromatic N) is 5. The lowest BCUT2D eigenvalue weighted by molar-refractivity contribution is 0.0948. The minimum atomic E-state index is -0.182. The molecule has 180 valence electrons. The van der Waals surface area contributed by atoms with Crippen LogP contribution in [0.25, 0.3) is 22.3 Å². The average molecular weight is 472 g/mol. The van der Waals surface area contributed by atoms with E-state index in [4.69, 9.17) is 15.6 Å². The molecule has 9 heteroatoms. The van der Waals surface area contributed by atoms with Crippen LogP contribution in [0.3, 0.4) is 0 Å². The summed E-state index contributed by atoms with van der Waals surface area (Å²) in [6, 6.07) is 15.4. The molecule has 0 saturated carbocycles. The van der Waals surface area contributed by atoms with Gasteiger partial charge in [-0.25, -0.2) is 14.6 Å². The number of nitrogens with one attached hydrogen (secondary N) is 1. The second kappa shape index (κ2) is 9.71. The first-order chi connectivity index (χ1) is 17.0. The summed E-state index contributed by atoms with van der Waals surface area (Å²) < 4.78 is 7.30. The number of carbonyl (C=O) groups is 1. The molecule has 1 atom stereocenters. The van der Waals surface area contributed by atoms with Crippen molar-refractivity contribution in [3.05, 3.63) is 66.0 Å². The number of fused-ring (bicyclic) bond motifs is 1. The number of hydrogen-bond acceptors (Lipinski definition) is 7. The SMILES string of the molecule is COc1ccccc1C(=O)NCc1ccc(-c2nn([C@@H]3CCCN(C)C3)c3ncnc(N)c23)cc1. The molecule has 35 heavy (non-hydrogen) atoms. The van der Waals surface area contributed by atoms with Gasteiger partial charge in [0.05, 0.1) is 24.1 Å². The van der Waals surface area contributed by atoms with Crippen LogP contribution in [0.2, 0.25) is 0 Å². The Balaban J connectivity index is 1.39. The average Bonchev–Trinajstić information content (AvgIpc) is 3.28. The lowest BCUT2D eigenvalue weighted by Gasteiger charge is -2.29. The van der Waals surface area contributed by atoms with Crippen LogP contribution < -0.4 is 15.8 Å². The summed E-state index contributed by atoms with van der Waals surface area (Å²) in [4.78, 5) is 23.7. The maximum atomic E-state index is 12.6. The zero-order valence-corrected chi connectivity index (χ0v) is 19.9. The van der Waals surface area contributed by atoms with E-state index in [9.17, 15) is 4.79 Å². The number of piperidine rings is 1. The third-order valence-electron chi connectivity index (χ3n) is 6.50. The van der Waals surface area contributed by atoms with Crippen molar-refractivity contribution in [1.29, 1.82) is 0 Å². The predicted molar refractivity (Wildman–Crippen MR) is 135 cm³/mol. The molecule has 9 nitrogen and oxygen atoms in total. The highest BCUT2D eigenvalue weighted by Crippen LogP contribution is 2.33. The molecule has 1 aliphatic heterocycles. The van der Waals surface area contributed by atoms with Crippen LogP contribution in [0.1, 0.15) is 34.8 Å². The number of rotatable bonds is 6. The molecule has 0 spiro atoms. The number of hydrogen-bond donors (Lipinski definition) is 2. The molecule has 0 bridgehead atoms. The van der Waals surface area contributed by atoms with Gasteiger partial charge in [0.15, 0.2) is 5.65 Å². The Morgan fingerprint density at radius 3 is 2.74 bits per heavy atom. The van der Waals surface area contributed by atoms with Crippen molar-refractivity contribution >= 4 is 22.8 Å². The fourth-order valence-corrected chi connectivity index (χ4v) is 4.68. The number of likely N-dealkylation sites (tertiary alicyclic amines) is 1. The minimum Gasteiger partial charge on any atom is -0.496 e. The smallest absolute Gasteiger partial charge is 0.255 e. The number of amides is 1. The summed E-state index contributed by atoms with van der Waals surface area (Å²) >= 11 is 0. The largest absolute Gasteiger partial charge is 0.496 e. The van der Waals surface area contributed by atoms with Crippen molar-refractivity contribution in [1.82, 2.24) is 30.0 Å². The first-order valence-electron chi connectivity index (χ1n) is 11.7. The zero-order chi connectivity index (χ0) is 24.4. The van der Waals surface area contributed by atoms with Gasteiger partial charge in [0.2, 0.25) is 0 Å². The molecule has 2 aromatic carbocycles. The number of benzene rings is 2. The highest BCUT2D eigenvalue weighted by molar-refractivity contribution is 5.98. The maximum absolute atomic E-state index is 12.6. The van der Waals surface area contributed by atoms with Crippen LogP contribution in [0.15, 0.2) is 54.9 Å². The number of carbonyl (C=O) groups excluding carboxylic acids is 1. The van der Waals surface area contributed by atoms with E-state index in [0.717, 1.165) is 53.8 Å². The van der Waals surface area contributed by atoms with E-state index in [-0.39, 0.29) is 11.9 Å². The molecular weight excluding hydrogens is 442 g/mol. The van der Waals surface area contributed by atoms with E-state index in [0.29, 0.717) is 23.7 Å². The van der Waals surface area contributed by atoms with Gasteiger partial charge in [-0.1, -0.05) is 36.4 Å². The fraction of sp³-hybridized carbons (Fsp3) is 0.308. The monoisotopic (exact) mass is 471 g/mol. The third-order valence-corrected chi connectivity index (χ3v) is 6.50. The molecule has 1 aliphatic rings. The first-order valence-corrected chi connectivity index (χ1v) is 11.7. The van der Waals surface area contributed by atoms with E-state index in [1.165, 1.54) is 6.33 Å². The van der Waals surface area contributed by atoms with Gasteiger partial charge in [-0.05, 0) is 44.1 Å². The van der Waals surface area contributed by atoms with E-state index in [1.807, 2.05) is 41.1 Å². The first kappa shape index (κ1) is 22.8. The van der Waals surface area contributed by atoms with E-state index < -0.39 is 0 Å². The quantitative estimate of drug-likeness (QED) is 0.444. The molecule has 0 radical (unpaired) electrons. The molecule has 5 rings (SSSR count). The van der Waals surface area contributed by atoms with E-state index in [1.54, 1.807) is 19.2 Å². The van der Waals surface area contributed by atoms with Crippen molar-refractivity contribution < 1.29 is 9.53 Å². The van der Waals surface area contributed by atoms with E-state index in [2.05, 4.69) is 27.2 Å². The lowest BCUT2D eigenvalue weighted by atomic mass is 10.1. The summed E-state index contributed by atoms with van der Waals surface area (Å²) in [5, 5.41) is 8.70. The van der Waals surface area contributed by atoms with Crippen LogP contribution in [-0.2, 0) is 6.54 Å². The van der Waals surface area contributed by atoms with Crippen LogP contribution in [0, 0.1) is 0 Å². The molecule has 1 saturated heterocycles. The van der Waals surface area contributed by atoms with Crippen molar-refractivity contribution in [2.75, 3.05) is 33.0 Å². The Labute approximate surface area is 203 Å². The van der Waals surface area contributed by atoms with Crippen molar-refractivity contribution in [3.63, 3.8) is 0 Å². The number of aromatic nitrogens is 4. The molecule has 3 N–H and O–H groups in total. The summed E-state index contributed by atoms with van der Waals surface area (Å²) in [5.74, 6) is 0.791. The summed E-state index contributed by atoms with van der Waals surface area (Å²) in [6.45, 7) is 2.41. The minimum absolute atomic E-state index is 0.182. The molecule has 0 unspecified atom stereocenters. The molecular formula is C26H29N7O2. The van der Waals surface area contributed by atoms with Crippen LogP contribution in [-0.4, -0.2) is 57.8 Å². The molecule has 4 aromatic rings. The number of methoxy groups -OCH3 is 1. The van der Waals surface area contributed by atoms with Crippen LogP contribution in [0.4, 0.5) is 5.82 Å². The predicted octanol–water partition coefficient (Wildman–Crippen LogP) is 3.28. The standard InChI is InChI=1S/C26H29N7O2/c1-32-13-5-6-19(15-32)33-25-22(24(27)29-16-30-25)23(31-33)18-11-9-17(10-12-18)14-28-26(34)20-7-3-4-8-21(20)35-2/h3-4,7-12,16,19H,5-6,13-15H2,1-2H3,(H,28,34)(H2,27,29,30)/t19-/m1/s1. The summed E-state index contributed by atoms with van der Waals surface area (Å²) in [6.07, 6.45) is 3.67. The van der Waals surface area contributed by atoms with Crippen molar-refractivity contribution in [2.45, 2.75) is 25.4 Å². The Morgan fingerprint density at radius 1 is 1.17 bits per heavy atom. The van der Waals surface area contributed by atoms with Crippen LogP contribution >= 0.6 is 0 Å². The molecule has 0 aliphatic carbocycles. The third kappa shape index (κ3) is 4.54. The number of nitrogen functional groups attached to an aromatic ring is 1. The van der Waals surface area contributed by atoms with Gasteiger partial charge in [-0.2, -0.15) is 5.10 Å². The van der Waals surface area contributed by atoms with Gasteiger partial charge < -0.3 is 20.7 Å². The molecule has 1 fully saturated rings. The van der Waals surface area contributed by atoms with Gasteiger partial charge in [0, 0.05) is 18.7 Å². The normalized spacial score (nSPS) is 16.3. The van der Waals surface area contributed by atoms with Crippen LogP contribution in [0.5, 0.6) is 5.75 Å². The highest BCUT2D eigenvalue weighted by Gasteiger charge is 2.25. The van der Waals surface area contributed by atoms with Gasteiger partial charge >= 0.3 is 0 Å². The van der Waals surface area contributed by atoms with Crippen molar-refractivity contribution in [3.8, 4) is 17.0 Å².